The smallest absolute Gasteiger partial charge is 0.129 e. The zero-order valence-electron chi connectivity index (χ0n) is 5.87. The SMILES string of the molecule is NCC(O)c1cccc(Cl)n1. The van der Waals surface area contributed by atoms with Crippen molar-refractivity contribution in [3.63, 3.8) is 0 Å². The Morgan fingerprint density at radius 3 is 2.91 bits per heavy atom. The van der Waals surface area contributed by atoms with Crippen molar-refractivity contribution >= 4 is 11.6 Å². The van der Waals surface area contributed by atoms with E-state index < -0.39 is 6.10 Å². The number of hydrogen-bond acceptors (Lipinski definition) is 3. The van der Waals surface area contributed by atoms with Crippen LogP contribution in [0.5, 0.6) is 0 Å². The third-order valence-electron chi connectivity index (χ3n) is 1.30. The molecule has 1 aromatic heterocycles. The first-order valence-corrected chi connectivity index (χ1v) is 3.62. The van der Waals surface area contributed by atoms with Crippen LogP contribution in [0.2, 0.25) is 5.15 Å². The summed E-state index contributed by atoms with van der Waals surface area (Å²) in [7, 11) is 0. The number of aliphatic hydroxyl groups is 1. The van der Waals surface area contributed by atoms with Crippen LogP contribution in [0, 0.1) is 0 Å². The van der Waals surface area contributed by atoms with Crippen LogP contribution < -0.4 is 5.73 Å². The number of aromatic nitrogens is 1. The van der Waals surface area contributed by atoms with Gasteiger partial charge in [-0.05, 0) is 12.1 Å². The highest BCUT2D eigenvalue weighted by Gasteiger charge is 2.05. The van der Waals surface area contributed by atoms with Crippen LogP contribution in [-0.4, -0.2) is 16.6 Å². The van der Waals surface area contributed by atoms with Gasteiger partial charge in [-0.25, -0.2) is 4.98 Å². The van der Waals surface area contributed by atoms with Gasteiger partial charge in [0.25, 0.3) is 0 Å². The minimum Gasteiger partial charge on any atom is -0.385 e. The van der Waals surface area contributed by atoms with Crippen molar-refractivity contribution in [2.24, 2.45) is 5.73 Å². The summed E-state index contributed by atoms with van der Waals surface area (Å²) in [5.74, 6) is 0. The lowest BCUT2D eigenvalue weighted by atomic mass is 10.2. The van der Waals surface area contributed by atoms with Crippen molar-refractivity contribution in [3.8, 4) is 0 Å². The second kappa shape index (κ2) is 3.67. The molecule has 0 aliphatic rings. The maximum absolute atomic E-state index is 9.21. The Balaban J connectivity index is 2.86. The van der Waals surface area contributed by atoms with E-state index in [-0.39, 0.29) is 6.54 Å². The highest BCUT2D eigenvalue weighted by Crippen LogP contribution is 2.11. The van der Waals surface area contributed by atoms with Crippen molar-refractivity contribution in [2.75, 3.05) is 6.54 Å². The van der Waals surface area contributed by atoms with Gasteiger partial charge in [0.2, 0.25) is 0 Å². The van der Waals surface area contributed by atoms with Crippen LogP contribution >= 0.6 is 11.6 Å². The molecule has 11 heavy (non-hydrogen) atoms. The van der Waals surface area contributed by atoms with Gasteiger partial charge in [0.05, 0.1) is 5.69 Å². The molecule has 0 aliphatic carbocycles. The van der Waals surface area contributed by atoms with E-state index in [1.165, 1.54) is 0 Å². The number of rotatable bonds is 2. The number of halogens is 1. The summed E-state index contributed by atoms with van der Waals surface area (Å²) >= 11 is 5.58. The average molecular weight is 173 g/mol. The maximum Gasteiger partial charge on any atom is 0.129 e. The topological polar surface area (TPSA) is 59.1 Å². The van der Waals surface area contributed by atoms with Crippen molar-refractivity contribution in [1.29, 1.82) is 0 Å². The summed E-state index contributed by atoms with van der Waals surface area (Å²) in [6, 6.07) is 5.06. The summed E-state index contributed by atoms with van der Waals surface area (Å²) in [5.41, 5.74) is 5.73. The molecule has 0 aromatic carbocycles. The fourth-order valence-electron chi connectivity index (χ4n) is 0.730. The monoisotopic (exact) mass is 172 g/mol. The minimum absolute atomic E-state index is 0.160. The quantitative estimate of drug-likeness (QED) is 0.647. The molecule has 3 N–H and O–H groups in total. The van der Waals surface area contributed by atoms with Gasteiger partial charge in [-0.3, -0.25) is 0 Å². The predicted molar refractivity (Wildman–Crippen MR) is 43.3 cm³/mol. The van der Waals surface area contributed by atoms with Crippen LogP contribution in [0.1, 0.15) is 11.8 Å². The van der Waals surface area contributed by atoms with Crippen molar-refractivity contribution in [2.45, 2.75) is 6.10 Å². The number of aliphatic hydroxyl groups excluding tert-OH is 1. The minimum atomic E-state index is -0.714. The van der Waals surface area contributed by atoms with Gasteiger partial charge >= 0.3 is 0 Å². The van der Waals surface area contributed by atoms with Gasteiger partial charge in [-0.2, -0.15) is 0 Å². The van der Waals surface area contributed by atoms with Crippen molar-refractivity contribution < 1.29 is 5.11 Å². The van der Waals surface area contributed by atoms with E-state index in [0.29, 0.717) is 10.8 Å². The first kappa shape index (κ1) is 8.46. The molecule has 0 saturated carbocycles. The second-order valence-corrected chi connectivity index (χ2v) is 2.52. The number of nitrogens with zero attached hydrogens (tertiary/aromatic N) is 1. The summed E-state index contributed by atoms with van der Waals surface area (Å²) < 4.78 is 0. The summed E-state index contributed by atoms with van der Waals surface area (Å²) in [6.07, 6.45) is -0.714. The van der Waals surface area contributed by atoms with Crippen LogP contribution in [0.15, 0.2) is 18.2 Å². The van der Waals surface area contributed by atoms with E-state index in [4.69, 9.17) is 17.3 Å². The Morgan fingerprint density at radius 1 is 1.64 bits per heavy atom. The maximum atomic E-state index is 9.21. The van der Waals surface area contributed by atoms with Crippen molar-refractivity contribution in [1.82, 2.24) is 4.98 Å². The molecule has 0 spiro atoms. The standard InChI is InChI=1S/C7H9ClN2O/c8-7-3-1-2-5(10-7)6(11)4-9/h1-3,6,11H,4,9H2. The summed E-state index contributed by atoms with van der Waals surface area (Å²) in [6.45, 7) is 0.160. The molecular formula is C7H9ClN2O. The predicted octanol–water partition coefficient (Wildman–Crippen LogP) is 0.727. The lowest BCUT2D eigenvalue weighted by Crippen LogP contribution is -2.12. The fraction of sp³-hybridized carbons (Fsp3) is 0.286. The molecule has 1 unspecified atom stereocenters. The molecule has 1 aromatic rings. The van der Waals surface area contributed by atoms with E-state index in [0.717, 1.165) is 0 Å². The molecule has 1 heterocycles. The number of hydrogen-bond donors (Lipinski definition) is 2. The van der Waals surface area contributed by atoms with Crippen LogP contribution in [0.3, 0.4) is 0 Å². The molecule has 0 amide bonds. The molecule has 0 saturated heterocycles. The fourth-order valence-corrected chi connectivity index (χ4v) is 0.901. The van der Waals surface area contributed by atoms with E-state index in [1.807, 2.05) is 0 Å². The first-order valence-electron chi connectivity index (χ1n) is 3.24. The zero-order chi connectivity index (χ0) is 8.27. The number of pyridine rings is 1. The Labute approximate surface area is 69.8 Å². The largest absolute Gasteiger partial charge is 0.385 e. The third-order valence-corrected chi connectivity index (χ3v) is 1.51. The highest BCUT2D eigenvalue weighted by atomic mass is 35.5. The molecule has 3 nitrogen and oxygen atoms in total. The van der Waals surface area contributed by atoms with Crippen molar-refractivity contribution in [3.05, 3.63) is 29.0 Å². The van der Waals surface area contributed by atoms with Gasteiger partial charge in [-0.1, -0.05) is 17.7 Å². The molecule has 1 rings (SSSR count). The zero-order valence-corrected chi connectivity index (χ0v) is 6.62. The Hall–Kier alpha value is -0.640. The molecular weight excluding hydrogens is 164 g/mol. The summed E-state index contributed by atoms with van der Waals surface area (Å²) in [5, 5.41) is 9.58. The van der Waals surface area contributed by atoms with Gasteiger partial charge in [0.15, 0.2) is 0 Å². The van der Waals surface area contributed by atoms with Crippen LogP contribution in [0.25, 0.3) is 0 Å². The van der Waals surface area contributed by atoms with E-state index in [2.05, 4.69) is 4.98 Å². The normalized spacial score (nSPS) is 13.0. The van der Waals surface area contributed by atoms with E-state index in [9.17, 15) is 5.11 Å². The molecule has 0 fully saturated rings. The molecule has 1 atom stereocenters. The summed E-state index contributed by atoms with van der Waals surface area (Å²) in [4.78, 5) is 3.88. The lowest BCUT2D eigenvalue weighted by Gasteiger charge is -2.05. The van der Waals surface area contributed by atoms with Gasteiger partial charge in [-0.15, -0.1) is 0 Å². The van der Waals surface area contributed by atoms with Crippen LogP contribution in [0.4, 0.5) is 0 Å². The average Bonchev–Trinajstić information content (AvgIpc) is 2.03. The third kappa shape index (κ3) is 2.15. The molecule has 0 aliphatic heterocycles. The van der Waals surface area contributed by atoms with Gasteiger partial charge in [0.1, 0.15) is 11.3 Å². The Morgan fingerprint density at radius 2 is 2.36 bits per heavy atom. The second-order valence-electron chi connectivity index (χ2n) is 2.14. The number of nitrogens with two attached hydrogens (primary N) is 1. The van der Waals surface area contributed by atoms with Gasteiger partial charge < -0.3 is 10.8 Å². The van der Waals surface area contributed by atoms with E-state index >= 15 is 0 Å². The van der Waals surface area contributed by atoms with E-state index in [1.54, 1.807) is 18.2 Å². The molecule has 0 bridgehead atoms. The lowest BCUT2D eigenvalue weighted by molar-refractivity contribution is 0.182. The molecule has 4 heteroatoms. The van der Waals surface area contributed by atoms with Gasteiger partial charge in [0, 0.05) is 6.54 Å². The Bertz CT molecular complexity index is 242. The first-order chi connectivity index (χ1) is 5.24. The van der Waals surface area contributed by atoms with Crippen LogP contribution in [-0.2, 0) is 0 Å². The highest BCUT2D eigenvalue weighted by molar-refractivity contribution is 6.29. The Kier molecular flexibility index (Phi) is 2.82. The molecule has 0 radical (unpaired) electrons. The molecule has 60 valence electrons.